The minimum Gasteiger partial charge on any atom is -0.457 e. The molecule has 8 rings (SSSR count). The van der Waals surface area contributed by atoms with E-state index < -0.39 is 17.4 Å². The average Bonchev–Trinajstić information content (AvgIpc) is 3.69. The SMILES string of the molecule is CCC(C)(CC)c1ccc(Oc2ccc(-c3ccc(Oc4ccc(N5C(=O)c6ccc(-c7ccc8c(c7)C(=O)N(C(C)(CC)CC)C8=O)cc6C5=O)cc4)cc3)cc2)cc1. The molecule has 8 heteroatoms. The van der Waals surface area contributed by atoms with Gasteiger partial charge in [0, 0.05) is 5.54 Å². The van der Waals surface area contributed by atoms with Crippen LogP contribution in [-0.4, -0.2) is 34.1 Å². The number of anilines is 1. The van der Waals surface area contributed by atoms with E-state index in [0.717, 1.165) is 40.4 Å². The van der Waals surface area contributed by atoms with Crippen molar-refractivity contribution in [3.05, 3.63) is 161 Å². The molecule has 6 aromatic carbocycles. The molecule has 60 heavy (non-hydrogen) atoms. The third-order valence-corrected chi connectivity index (χ3v) is 12.9. The van der Waals surface area contributed by atoms with Crippen molar-refractivity contribution in [2.45, 2.75) is 78.2 Å². The normalized spacial score (nSPS) is 13.8. The second kappa shape index (κ2) is 15.8. The Morgan fingerprint density at radius 3 is 1.23 bits per heavy atom. The molecular weight excluding hydrogens is 749 g/mol. The number of carbonyl (C=O) groups is 4. The highest BCUT2D eigenvalue weighted by atomic mass is 16.5. The molecule has 0 bridgehead atoms. The van der Waals surface area contributed by atoms with Gasteiger partial charge in [-0.15, -0.1) is 0 Å². The maximum Gasteiger partial charge on any atom is 0.266 e. The van der Waals surface area contributed by atoms with Crippen LogP contribution in [-0.2, 0) is 5.41 Å². The van der Waals surface area contributed by atoms with Gasteiger partial charge >= 0.3 is 0 Å². The number of hydrogen-bond donors (Lipinski definition) is 0. The molecule has 0 unspecified atom stereocenters. The van der Waals surface area contributed by atoms with Gasteiger partial charge in [-0.2, -0.15) is 0 Å². The largest absolute Gasteiger partial charge is 0.457 e. The first-order valence-electron chi connectivity index (χ1n) is 20.7. The van der Waals surface area contributed by atoms with Gasteiger partial charge in [-0.25, -0.2) is 4.90 Å². The van der Waals surface area contributed by atoms with Crippen LogP contribution in [0.25, 0.3) is 22.3 Å². The quantitative estimate of drug-likeness (QED) is 0.108. The Morgan fingerprint density at radius 1 is 0.417 bits per heavy atom. The minimum absolute atomic E-state index is 0.168. The first-order chi connectivity index (χ1) is 28.9. The standard InChI is InChI=1S/C52H48N2O6/c1-7-51(5,8-2)37-17-25-41(26-18-37)59-39-21-11-33(12-22-39)34-13-23-40(24-14-34)60-42-27-19-38(20-28-42)53-47(55)43-29-15-35(31-45(43)48(53)56)36-16-30-44-46(32-36)50(58)54(49(44)57)52(6,9-3)10-4/h11-32H,7-10H2,1-6H3. The van der Waals surface area contributed by atoms with Crippen molar-refractivity contribution in [2.24, 2.45) is 0 Å². The van der Waals surface area contributed by atoms with Crippen LogP contribution in [0.2, 0.25) is 0 Å². The van der Waals surface area contributed by atoms with E-state index >= 15 is 0 Å². The minimum atomic E-state index is -0.585. The summed E-state index contributed by atoms with van der Waals surface area (Å²) in [6.07, 6.45) is 3.46. The summed E-state index contributed by atoms with van der Waals surface area (Å²) >= 11 is 0. The molecular formula is C52H48N2O6. The average molecular weight is 797 g/mol. The highest BCUT2D eigenvalue weighted by molar-refractivity contribution is 6.34. The topological polar surface area (TPSA) is 93.2 Å². The summed E-state index contributed by atoms with van der Waals surface area (Å²) in [5.41, 5.74) is 6.01. The van der Waals surface area contributed by atoms with Crippen LogP contribution < -0.4 is 14.4 Å². The van der Waals surface area contributed by atoms with Gasteiger partial charge in [0.2, 0.25) is 0 Å². The smallest absolute Gasteiger partial charge is 0.266 e. The van der Waals surface area contributed by atoms with Crippen molar-refractivity contribution < 1.29 is 28.7 Å². The number of benzene rings is 6. The molecule has 0 atom stereocenters. The second-order valence-corrected chi connectivity index (χ2v) is 16.2. The molecule has 0 N–H and O–H groups in total. The van der Waals surface area contributed by atoms with E-state index in [0.29, 0.717) is 57.8 Å². The number of carbonyl (C=O) groups excluding carboxylic acids is 4. The first-order valence-corrected chi connectivity index (χ1v) is 20.7. The Hall–Kier alpha value is -6.80. The van der Waals surface area contributed by atoms with Gasteiger partial charge in [0.25, 0.3) is 23.6 Å². The summed E-state index contributed by atoms with van der Waals surface area (Å²) in [5, 5.41) is 0. The summed E-state index contributed by atoms with van der Waals surface area (Å²) < 4.78 is 12.3. The highest BCUT2D eigenvalue weighted by Gasteiger charge is 2.45. The molecule has 4 amide bonds. The van der Waals surface area contributed by atoms with Crippen LogP contribution in [0.5, 0.6) is 23.0 Å². The maximum absolute atomic E-state index is 13.7. The van der Waals surface area contributed by atoms with Crippen LogP contribution in [0.3, 0.4) is 0 Å². The number of amides is 4. The third kappa shape index (κ3) is 7.06. The number of fused-ring (bicyclic) bond motifs is 2. The lowest BCUT2D eigenvalue weighted by molar-refractivity contribution is 0.0434. The van der Waals surface area contributed by atoms with Crippen LogP contribution in [0.1, 0.15) is 114 Å². The van der Waals surface area contributed by atoms with Crippen molar-refractivity contribution >= 4 is 29.3 Å². The Balaban J connectivity index is 0.909. The zero-order valence-corrected chi connectivity index (χ0v) is 34.9. The molecule has 0 aromatic heterocycles. The van der Waals surface area contributed by atoms with Gasteiger partial charge in [0.05, 0.1) is 27.9 Å². The van der Waals surface area contributed by atoms with Gasteiger partial charge in [-0.1, -0.05) is 83.1 Å². The third-order valence-electron chi connectivity index (χ3n) is 12.9. The second-order valence-electron chi connectivity index (χ2n) is 16.2. The Bertz CT molecular complexity index is 2620. The first kappa shape index (κ1) is 40.0. The lowest BCUT2D eigenvalue weighted by Gasteiger charge is -2.35. The van der Waals surface area contributed by atoms with Crippen LogP contribution >= 0.6 is 0 Å². The summed E-state index contributed by atoms with van der Waals surface area (Å²) in [5.74, 6) is 1.29. The van der Waals surface area contributed by atoms with E-state index in [2.05, 4.69) is 32.9 Å². The van der Waals surface area contributed by atoms with Gasteiger partial charge in [0.1, 0.15) is 23.0 Å². The molecule has 0 fully saturated rings. The molecule has 6 aromatic rings. The monoisotopic (exact) mass is 796 g/mol. The molecule has 2 heterocycles. The molecule has 0 saturated heterocycles. The van der Waals surface area contributed by atoms with Crippen molar-refractivity contribution in [1.82, 2.24) is 4.90 Å². The lowest BCUT2D eigenvalue weighted by Crippen LogP contribution is -2.48. The Morgan fingerprint density at radius 2 is 0.783 bits per heavy atom. The molecule has 0 aliphatic carbocycles. The van der Waals surface area contributed by atoms with Crippen molar-refractivity contribution in [3.8, 4) is 45.3 Å². The van der Waals surface area contributed by atoms with E-state index in [1.807, 2.05) is 81.4 Å². The van der Waals surface area contributed by atoms with E-state index in [9.17, 15) is 19.2 Å². The zero-order chi connectivity index (χ0) is 42.3. The van der Waals surface area contributed by atoms with Crippen LogP contribution in [0.4, 0.5) is 5.69 Å². The molecule has 8 nitrogen and oxygen atoms in total. The van der Waals surface area contributed by atoms with Gasteiger partial charge in [-0.3, -0.25) is 24.1 Å². The van der Waals surface area contributed by atoms with E-state index in [1.165, 1.54) is 10.5 Å². The molecule has 302 valence electrons. The van der Waals surface area contributed by atoms with Crippen LogP contribution in [0, 0.1) is 0 Å². The zero-order valence-electron chi connectivity index (χ0n) is 34.9. The number of hydrogen-bond acceptors (Lipinski definition) is 6. The Labute approximate surface area is 351 Å². The number of imide groups is 2. The van der Waals surface area contributed by atoms with Gasteiger partial charge < -0.3 is 9.47 Å². The van der Waals surface area contributed by atoms with Gasteiger partial charge in [0.15, 0.2) is 0 Å². The summed E-state index contributed by atoms with van der Waals surface area (Å²) in [6, 6.07) is 41.2. The summed E-state index contributed by atoms with van der Waals surface area (Å²) in [4.78, 5) is 56.6. The molecule has 0 radical (unpaired) electrons. The predicted molar refractivity (Wildman–Crippen MR) is 235 cm³/mol. The number of nitrogens with zero attached hydrogens (tertiary/aromatic N) is 2. The molecule has 2 aliphatic rings. The summed E-state index contributed by atoms with van der Waals surface area (Å²) in [7, 11) is 0. The van der Waals surface area contributed by atoms with E-state index in [1.54, 1.807) is 60.7 Å². The number of ether oxygens (including phenoxy) is 2. The van der Waals surface area contributed by atoms with Crippen LogP contribution in [0.15, 0.2) is 133 Å². The van der Waals surface area contributed by atoms with Crippen molar-refractivity contribution in [3.63, 3.8) is 0 Å². The fourth-order valence-electron chi connectivity index (χ4n) is 8.08. The highest BCUT2D eigenvalue weighted by Crippen LogP contribution is 2.38. The molecule has 0 saturated carbocycles. The van der Waals surface area contributed by atoms with E-state index in [-0.39, 0.29) is 22.8 Å². The fourth-order valence-corrected chi connectivity index (χ4v) is 8.08. The predicted octanol–water partition coefficient (Wildman–Crippen LogP) is 12.7. The lowest BCUT2D eigenvalue weighted by atomic mass is 9.78. The fraction of sp³-hybridized carbons (Fsp3) is 0.231. The van der Waals surface area contributed by atoms with Crippen molar-refractivity contribution in [2.75, 3.05) is 4.90 Å². The van der Waals surface area contributed by atoms with Gasteiger partial charge in [-0.05, 0) is 151 Å². The number of rotatable bonds is 13. The molecule has 0 spiro atoms. The van der Waals surface area contributed by atoms with E-state index in [4.69, 9.17) is 9.47 Å². The van der Waals surface area contributed by atoms with Crippen molar-refractivity contribution in [1.29, 1.82) is 0 Å². The Kier molecular flexibility index (Phi) is 10.5. The summed E-state index contributed by atoms with van der Waals surface area (Å²) in [6.45, 7) is 12.6. The molecule has 2 aliphatic heterocycles. The maximum atomic E-state index is 13.7.